The summed E-state index contributed by atoms with van der Waals surface area (Å²) in [5.41, 5.74) is 0. The van der Waals surface area contributed by atoms with Crippen LogP contribution in [0.1, 0.15) is 38.5 Å². The predicted octanol–water partition coefficient (Wildman–Crippen LogP) is -0.548. The number of rotatable bonds is 5. The number of carbonyl (C=O) groups excluding carboxylic acids is 1. The molecule has 0 unspecified atom stereocenters. The van der Waals surface area contributed by atoms with E-state index in [9.17, 15) is 18.3 Å². The van der Waals surface area contributed by atoms with Crippen LogP contribution in [-0.2, 0) is 24.1 Å². The van der Waals surface area contributed by atoms with E-state index in [4.69, 9.17) is 9.47 Å². The second-order valence-corrected chi connectivity index (χ2v) is 10.6. The number of hydrogen-bond donors (Lipinski definition) is 2. The Morgan fingerprint density at radius 1 is 1.15 bits per heavy atom. The van der Waals surface area contributed by atoms with Crippen molar-refractivity contribution in [3.05, 3.63) is 0 Å². The Morgan fingerprint density at radius 3 is 2.52 bits per heavy atom. The third kappa shape index (κ3) is 4.48. The highest BCUT2D eigenvalue weighted by Crippen LogP contribution is 2.35. The zero-order valence-corrected chi connectivity index (χ0v) is 16.4. The number of aliphatic hydroxyl groups excluding tert-OH is 1. The van der Waals surface area contributed by atoms with Gasteiger partial charge in [-0.3, -0.25) is 4.79 Å². The minimum Gasteiger partial charge on any atom is -0.388 e. The number of aliphatic hydroxyl groups is 1. The van der Waals surface area contributed by atoms with Gasteiger partial charge in [-0.05, 0) is 12.8 Å². The van der Waals surface area contributed by atoms with Crippen LogP contribution in [0.2, 0.25) is 0 Å². The van der Waals surface area contributed by atoms with Crippen molar-refractivity contribution in [3.63, 3.8) is 0 Å². The Hall–Kier alpha value is -0.740. The fourth-order valence-corrected chi connectivity index (χ4v) is 5.91. The number of nitrogens with one attached hydrogen (secondary N) is 1. The molecule has 4 fully saturated rings. The molecule has 1 amide bonds. The molecule has 0 spiro atoms. The summed E-state index contributed by atoms with van der Waals surface area (Å²) in [6, 6.07) is 0.529. The van der Waals surface area contributed by atoms with Gasteiger partial charge in [-0.25, -0.2) is 8.42 Å². The average molecular weight is 403 g/mol. The molecule has 154 valence electrons. The highest BCUT2D eigenvalue weighted by Gasteiger charge is 2.50. The van der Waals surface area contributed by atoms with E-state index in [0.717, 1.165) is 0 Å². The van der Waals surface area contributed by atoms with Crippen LogP contribution in [0.15, 0.2) is 0 Å². The van der Waals surface area contributed by atoms with Crippen molar-refractivity contribution < 1.29 is 27.8 Å². The van der Waals surface area contributed by atoms with E-state index < -0.39 is 15.9 Å². The maximum Gasteiger partial charge on any atom is 0.225 e. The molecule has 3 aliphatic heterocycles. The van der Waals surface area contributed by atoms with Crippen molar-refractivity contribution >= 4 is 15.7 Å². The topological polar surface area (TPSA) is 105 Å². The van der Waals surface area contributed by atoms with Crippen molar-refractivity contribution in [1.82, 2.24) is 10.2 Å². The quantitative estimate of drug-likeness (QED) is 0.636. The number of ether oxygens (including phenoxy) is 2. The van der Waals surface area contributed by atoms with Crippen LogP contribution in [0.3, 0.4) is 0 Å². The van der Waals surface area contributed by atoms with Crippen LogP contribution in [0.4, 0.5) is 0 Å². The average Bonchev–Trinajstić information content (AvgIpc) is 3.32. The van der Waals surface area contributed by atoms with Gasteiger partial charge in [0.2, 0.25) is 5.91 Å². The van der Waals surface area contributed by atoms with E-state index in [2.05, 4.69) is 5.32 Å². The first-order chi connectivity index (χ1) is 12.9. The molecule has 1 saturated carbocycles. The minimum absolute atomic E-state index is 0.0347. The summed E-state index contributed by atoms with van der Waals surface area (Å²) in [6.45, 7) is 1.15. The molecular formula is C18H30N2O6S. The molecule has 9 heteroatoms. The van der Waals surface area contributed by atoms with Crippen LogP contribution in [0, 0.1) is 0 Å². The van der Waals surface area contributed by atoms with Gasteiger partial charge in [0.1, 0.15) is 12.2 Å². The van der Waals surface area contributed by atoms with E-state index >= 15 is 0 Å². The Balaban J connectivity index is 1.22. The van der Waals surface area contributed by atoms with Crippen LogP contribution in [0.25, 0.3) is 0 Å². The zero-order chi connectivity index (χ0) is 19.0. The van der Waals surface area contributed by atoms with Gasteiger partial charge >= 0.3 is 0 Å². The zero-order valence-electron chi connectivity index (χ0n) is 15.6. The summed E-state index contributed by atoms with van der Waals surface area (Å²) < 4.78 is 34.9. The highest BCUT2D eigenvalue weighted by atomic mass is 32.2. The second kappa shape index (κ2) is 7.94. The summed E-state index contributed by atoms with van der Waals surface area (Å²) in [5, 5.41) is 14.0. The van der Waals surface area contributed by atoms with Crippen molar-refractivity contribution in [1.29, 1.82) is 0 Å². The molecule has 0 aromatic rings. The molecule has 2 N–H and O–H groups in total. The third-order valence-electron chi connectivity index (χ3n) is 6.34. The number of fused-ring (bicyclic) bond motifs is 1. The SMILES string of the molecule is O=C(C[C@@H]1C[C@H]2O[C@H](CNC3CCCC3)[C@@H](O)[C@H]2O1)N1CCS(=O)(=O)CC1. The smallest absolute Gasteiger partial charge is 0.225 e. The van der Waals surface area contributed by atoms with Gasteiger partial charge in [-0.15, -0.1) is 0 Å². The second-order valence-electron chi connectivity index (χ2n) is 8.29. The van der Waals surface area contributed by atoms with E-state index in [1.807, 2.05) is 0 Å². The van der Waals surface area contributed by atoms with Gasteiger partial charge in [0, 0.05) is 32.1 Å². The standard InChI is InChI=1S/C18H30N2O6S/c21-16(20-5-7-27(23,24)8-6-20)10-13-9-14-18(25-13)17(22)15(26-14)11-19-12-3-1-2-4-12/h12-15,17-19,22H,1-11H2/t13-,14+,15+,17+,18-/m0/s1. The fraction of sp³-hybridized carbons (Fsp3) is 0.944. The summed E-state index contributed by atoms with van der Waals surface area (Å²) in [5.74, 6) is -0.0103. The number of hydrogen-bond acceptors (Lipinski definition) is 7. The van der Waals surface area contributed by atoms with Crippen molar-refractivity contribution in [2.45, 2.75) is 75.1 Å². The summed E-state index contributed by atoms with van der Waals surface area (Å²) >= 11 is 0. The van der Waals surface area contributed by atoms with Gasteiger partial charge in [-0.2, -0.15) is 0 Å². The van der Waals surface area contributed by atoms with E-state index in [1.165, 1.54) is 25.7 Å². The summed E-state index contributed by atoms with van der Waals surface area (Å²) in [7, 11) is -3.00. The first kappa shape index (κ1) is 19.6. The lowest BCUT2D eigenvalue weighted by molar-refractivity contribution is -0.134. The van der Waals surface area contributed by atoms with Gasteiger partial charge in [0.05, 0.1) is 36.2 Å². The first-order valence-electron chi connectivity index (χ1n) is 10.1. The number of sulfone groups is 1. The molecular weight excluding hydrogens is 372 g/mol. The Morgan fingerprint density at radius 2 is 1.85 bits per heavy atom. The van der Waals surface area contributed by atoms with Crippen LogP contribution >= 0.6 is 0 Å². The third-order valence-corrected chi connectivity index (χ3v) is 7.95. The molecule has 4 aliphatic rings. The van der Waals surface area contributed by atoms with Gasteiger partial charge in [0.25, 0.3) is 0 Å². The Bertz CT molecular complexity index is 636. The van der Waals surface area contributed by atoms with E-state index in [-0.39, 0.29) is 61.3 Å². The molecule has 3 saturated heterocycles. The molecule has 0 aromatic heterocycles. The normalized spacial score (nSPS) is 39.0. The Kier molecular flexibility index (Phi) is 5.76. The highest BCUT2D eigenvalue weighted by molar-refractivity contribution is 7.91. The van der Waals surface area contributed by atoms with Gasteiger partial charge < -0.3 is 24.8 Å². The maximum atomic E-state index is 12.4. The predicted molar refractivity (Wildman–Crippen MR) is 98.1 cm³/mol. The molecule has 3 heterocycles. The lowest BCUT2D eigenvalue weighted by Gasteiger charge is -2.28. The molecule has 0 bridgehead atoms. The number of amides is 1. The van der Waals surface area contributed by atoms with Crippen molar-refractivity contribution in [2.24, 2.45) is 0 Å². The largest absolute Gasteiger partial charge is 0.388 e. The lowest BCUT2D eigenvalue weighted by atomic mass is 10.1. The van der Waals surface area contributed by atoms with Gasteiger partial charge in [0.15, 0.2) is 9.84 Å². The van der Waals surface area contributed by atoms with Crippen LogP contribution in [-0.4, -0.2) is 92.0 Å². The summed E-state index contributed by atoms with van der Waals surface area (Å²) in [4.78, 5) is 14.0. The van der Waals surface area contributed by atoms with Gasteiger partial charge in [-0.1, -0.05) is 12.8 Å². The Labute approximate surface area is 160 Å². The minimum atomic E-state index is -3.00. The maximum absolute atomic E-state index is 12.4. The molecule has 0 aromatic carbocycles. The van der Waals surface area contributed by atoms with E-state index in [1.54, 1.807) is 4.90 Å². The molecule has 1 aliphatic carbocycles. The molecule has 27 heavy (non-hydrogen) atoms. The first-order valence-corrected chi connectivity index (χ1v) is 11.9. The fourth-order valence-electron chi connectivity index (χ4n) is 4.71. The molecule has 5 atom stereocenters. The molecule has 4 rings (SSSR count). The number of carbonyl (C=O) groups is 1. The lowest BCUT2D eigenvalue weighted by Crippen LogP contribution is -2.45. The molecule has 8 nitrogen and oxygen atoms in total. The van der Waals surface area contributed by atoms with Crippen molar-refractivity contribution in [3.8, 4) is 0 Å². The van der Waals surface area contributed by atoms with Crippen LogP contribution < -0.4 is 5.32 Å². The monoisotopic (exact) mass is 402 g/mol. The van der Waals surface area contributed by atoms with Crippen molar-refractivity contribution in [2.75, 3.05) is 31.1 Å². The van der Waals surface area contributed by atoms with Crippen LogP contribution in [0.5, 0.6) is 0 Å². The molecule has 0 radical (unpaired) electrons. The number of nitrogens with zero attached hydrogens (tertiary/aromatic N) is 1. The van der Waals surface area contributed by atoms with E-state index in [0.29, 0.717) is 19.0 Å². The summed E-state index contributed by atoms with van der Waals surface area (Å²) in [6.07, 6.45) is 3.96.